The molecule has 2 aliphatic heterocycles. The van der Waals surface area contributed by atoms with E-state index in [1.165, 1.54) is 6.26 Å². The number of carbonyl (C=O) groups is 1. The molecule has 2 N–H and O–H groups in total. The lowest BCUT2D eigenvalue weighted by Gasteiger charge is -2.45. The van der Waals surface area contributed by atoms with Gasteiger partial charge in [-0.15, -0.1) is 0 Å². The molecule has 0 atom stereocenters. The summed E-state index contributed by atoms with van der Waals surface area (Å²) >= 11 is 0. The van der Waals surface area contributed by atoms with E-state index in [0.717, 1.165) is 0 Å². The second-order valence-corrected chi connectivity index (χ2v) is 7.73. The quantitative estimate of drug-likeness (QED) is 0.818. The number of benzene rings is 1. The first-order valence-electron chi connectivity index (χ1n) is 7.73. The fourth-order valence-electron chi connectivity index (χ4n) is 3.27. The first kappa shape index (κ1) is 15.2. The van der Waals surface area contributed by atoms with E-state index in [1.54, 1.807) is 41.3 Å². The van der Waals surface area contributed by atoms with Crippen LogP contribution >= 0.6 is 0 Å². The van der Waals surface area contributed by atoms with Crippen molar-refractivity contribution in [2.24, 2.45) is 0 Å². The van der Waals surface area contributed by atoms with E-state index < -0.39 is 15.7 Å². The molecule has 0 saturated carbocycles. The van der Waals surface area contributed by atoms with Crippen molar-refractivity contribution in [3.63, 3.8) is 0 Å². The van der Waals surface area contributed by atoms with Gasteiger partial charge in [-0.05, 0) is 24.3 Å². The minimum Gasteiger partial charge on any atom is -0.459 e. The fourth-order valence-corrected chi connectivity index (χ4v) is 4.82. The number of fused-ring (bicyclic) bond motifs is 1. The van der Waals surface area contributed by atoms with Crippen molar-refractivity contribution < 1.29 is 17.6 Å². The summed E-state index contributed by atoms with van der Waals surface area (Å²) in [5.41, 5.74) is -0.158. The average molecular weight is 347 g/mol. The molecule has 0 radical (unpaired) electrons. The standard InChI is InChI=1S/C16H17N3O4S/c20-15(13-5-3-11-23-13)19-9-7-16(8-10-19)17-12-4-1-2-6-14(12)24(21,22)18-16/h1-6,11,17-18H,7-10H2. The third-order valence-electron chi connectivity index (χ3n) is 4.52. The Labute approximate surface area is 139 Å². The van der Waals surface area contributed by atoms with Gasteiger partial charge < -0.3 is 14.6 Å². The second-order valence-electron chi connectivity index (χ2n) is 6.08. The van der Waals surface area contributed by atoms with Crippen LogP contribution in [-0.4, -0.2) is 38.0 Å². The van der Waals surface area contributed by atoms with Crippen LogP contribution in [0.3, 0.4) is 0 Å². The van der Waals surface area contributed by atoms with E-state index in [2.05, 4.69) is 10.0 Å². The number of nitrogens with one attached hydrogen (secondary N) is 2. The Hall–Kier alpha value is -2.32. The van der Waals surface area contributed by atoms with E-state index >= 15 is 0 Å². The van der Waals surface area contributed by atoms with E-state index in [4.69, 9.17) is 4.42 Å². The number of anilines is 1. The summed E-state index contributed by atoms with van der Waals surface area (Å²) in [4.78, 5) is 14.3. The molecule has 0 unspecified atom stereocenters. The fraction of sp³-hybridized carbons (Fsp3) is 0.312. The Kier molecular flexibility index (Phi) is 3.40. The molecule has 1 saturated heterocycles. The van der Waals surface area contributed by atoms with Crippen molar-refractivity contribution in [2.45, 2.75) is 23.4 Å². The number of furan rings is 1. The van der Waals surface area contributed by atoms with Crippen LogP contribution in [0.2, 0.25) is 0 Å². The summed E-state index contributed by atoms with van der Waals surface area (Å²) in [7, 11) is -3.57. The number of likely N-dealkylation sites (tertiary alicyclic amines) is 1. The van der Waals surface area contributed by atoms with Crippen molar-refractivity contribution >= 4 is 21.6 Å². The molecule has 2 aliphatic rings. The summed E-state index contributed by atoms with van der Waals surface area (Å²) in [6, 6.07) is 10.1. The molecule has 1 amide bonds. The number of para-hydroxylation sites is 1. The lowest BCUT2D eigenvalue weighted by Crippen LogP contribution is -2.62. The molecule has 0 bridgehead atoms. The number of hydrogen-bond acceptors (Lipinski definition) is 5. The predicted octanol–water partition coefficient (Wildman–Crippen LogP) is 1.62. The van der Waals surface area contributed by atoms with Gasteiger partial charge in [0.25, 0.3) is 5.91 Å². The third-order valence-corrected chi connectivity index (χ3v) is 6.11. The number of carbonyl (C=O) groups excluding carboxylic acids is 1. The molecule has 24 heavy (non-hydrogen) atoms. The zero-order valence-electron chi connectivity index (χ0n) is 12.9. The van der Waals surface area contributed by atoms with Gasteiger partial charge in [0, 0.05) is 25.9 Å². The molecule has 7 nitrogen and oxygen atoms in total. The van der Waals surface area contributed by atoms with Crippen molar-refractivity contribution in [3.05, 3.63) is 48.4 Å². The topological polar surface area (TPSA) is 91.7 Å². The van der Waals surface area contributed by atoms with Crippen LogP contribution in [0.15, 0.2) is 52.0 Å². The highest BCUT2D eigenvalue weighted by Gasteiger charge is 2.43. The summed E-state index contributed by atoms with van der Waals surface area (Å²) in [5.74, 6) is 0.127. The zero-order chi connectivity index (χ0) is 16.8. The molecule has 0 aliphatic carbocycles. The lowest BCUT2D eigenvalue weighted by molar-refractivity contribution is 0.0644. The van der Waals surface area contributed by atoms with E-state index in [1.807, 2.05) is 0 Å². The Morgan fingerprint density at radius 2 is 1.88 bits per heavy atom. The number of rotatable bonds is 1. The Morgan fingerprint density at radius 1 is 1.12 bits per heavy atom. The lowest BCUT2D eigenvalue weighted by atomic mass is 9.97. The molecule has 3 heterocycles. The minimum atomic E-state index is -3.57. The maximum absolute atomic E-state index is 12.5. The molecular weight excluding hydrogens is 330 g/mol. The monoisotopic (exact) mass is 347 g/mol. The Bertz CT molecular complexity index is 868. The molecule has 1 spiro atoms. The maximum Gasteiger partial charge on any atom is 0.289 e. The molecule has 1 aromatic carbocycles. The molecule has 126 valence electrons. The smallest absolute Gasteiger partial charge is 0.289 e. The van der Waals surface area contributed by atoms with E-state index in [-0.39, 0.29) is 10.8 Å². The van der Waals surface area contributed by atoms with Gasteiger partial charge in [-0.25, -0.2) is 8.42 Å². The maximum atomic E-state index is 12.5. The normalized spacial score (nSPS) is 21.1. The Balaban J connectivity index is 1.55. The summed E-state index contributed by atoms with van der Waals surface area (Å²) in [6.45, 7) is 0.883. The number of amides is 1. The molecule has 2 aromatic rings. The number of nitrogens with zero attached hydrogens (tertiary/aromatic N) is 1. The summed E-state index contributed by atoms with van der Waals surface area (Å²) in [6.07, 6.45) is 2.42. The Morgan fingerprint density at radius 3 is 2.58 bits per heavy atom. The molecule has 1 aromatic heterocycles. The molecule has 1 fully saturated rings. The highest BCUT2D eigenvalue weighted by molar-refractivity contribution is 7.89. The highest BCUT2D eigenvalue weighted by atomic mass is 32.2. The summed E-state index contributed by atoms with van der Waals surface area (Å²) < 4.78 is 32.9. The van der Waals surface area contributed by atoms with Gasteiger partial charge >= 0.3 is 0 Å². The van der Waals surface area contributed by atoms with Crippen LogP contribution in [0.4, 0.5) is 5.69 Å². The van der Waals surface area contributed by atoms with E-state index in [0.29, 0.717) is 37.4 Å². The third kappa shape index (κ3) is 2.47. The van der Waals surface area contributed by atoms with Gasteiger partial charge in [0.2, 0.25) is 10.0 Å². The van der Waals surface area contributed by atoms with Crippen LogP contribution in [0.5, 0.6) is 0 Å². The van der Waals surface area contributed by atoms with Gasteiger partial charge in [0.1, 0.15) is 10.6 Å². The van der Waals surface area contributed by atoms with Gasteiger partial charge in [-0.2, -0.15) is 4.72 Å². The largest absolute Gasteiger partial charge is 0.459 e. The number of piperidine rings is 1. The van der Waals surface area contributed by atoms with Crippen LogP contribution in [0.25, 0.3) is 0 Å². The van der Waals surface area contributed by atoms with Crippen molar-refractivity contribution in [3.8, 4) is 0 Å². The van der Waals surface area contributed by atoms with Crippen molar-refractivity contribution in [1.29, 1.82) is 0 Å². The van der Waals surface area contributed by atoms with Crippen LogP contribution in [0, 0.1) is 0 Å². The van der Waals surface area contributed by atoms with Crippen molar-refractivity contribution in [2.75, 3.05) is 18.4 Å². The minimum absolute atomic E-state index is 0.172. The van der Waals surface area contributed by atoms with Crippen molar-refractivity contribution in [1.82, 2.24) is 9.62 Å². The number of sulfonamides is 1. The summed E-state index contributed by atoms with van der Waals surface area (Å²) in [5, 5.41) is 3.31. The second kappa shape index (κ2) is 5.35. The van der Waals surface area contributed by atoms with Gasteiger partial charge in [-0.3, -0.25) is 4.79 Å². The van der Waals surface area contributed by atoms with Crippen LogP contribution < -0.4 is 10.0 Å². The zero-order valence-corrected chi connectivity index (χ0v) is 13.7. The van der Waals surface area contributed by atoms with Crippen LogP contribution in [0.1, 0.15) is 23.4 Å². The van der Waals surface area contributed by atoms with Gasteiger partial charge in [0.05, 0.1) is 12.0 Å². The number of hydrogen-bond donors (Lipinski definition) is 2. The van der Waals surface area contributed by atoms with E-state index in [9.17, 15) is 13.2 Å². The van der Waals surface area contributed by atoms with Crippen LogP contribution in [-0.2, 0) is 10.0 Å². The average Bonchev–Trinajstić information content (AvgIpc) is 3.09. The predicted molar refractivity (Wildman–Crippen MR) is 87.0 cm³/mol. The van der Waals surface area contributed by atoms with Gasteiger partial charge in [0.15, 0.2) is 5.76 Å². The van der Waals surface area contributed by atoms with Gasteiger partial charge in [-0.1, -0.05) is 12.1 Å². The highest BCUT2D eigenvalue weighted by Crippen LogP contribution is 2.34. The SMILES string of the molecule is O=C(c1ccco1)N1CCC2(CC1)Nc1ccccc1S(=O)(=O)N2. The molecule has 4 rings (SSSR count). The first-order valence-corrected chi connectivity index (χ1v) is 9.21. The first-order chi connectivity index (χ1) is 11.5. The molecule has 8 heteroatoms. The molecular formula is C16H17N3O4S.